The maximum Gasteiger partial charge on any atom is 0.321 e. The smallest absolute Gasteiger partial charge is 0.321 e. The summed E-state index contributed by atoms with van der Waals surface area (Å²) >= 11 is 0. The van der Waals surface area contributed by atoms with Crippen molar-refractivity contribution in [3.05, 3.63) is 24.3 Å². The Morgan fingerprint density at radius 2 is 1.87 bits per heavy atom. The Hall–Kier alpha value is -2.13. The van der Waals surface area contributed by atoms with Crippen molar-refractivity contribution in [3.8, 4) is 5.75 Å². The van der Waals surface area contributed by atoms with Crippen molar-refractivity contribution in [1.82, 2.24) is 10.0 Å². The Balaban J connectivity index is 2.80. The molecule has 1 amide bonds. The zero-order chi connectivity index (χ0) is 17.5. The molecule has 1 atom stereocenters. The van der Waals surface area contributed by atoms with Crippen LogP contribution in [0, 0.1) is 0 Å². The van der Waals surface area contributed by atoms with Crippen molar-refractivity contribution >= 4 is 21.9 Å². The number of hydrogen-bond acceptors (Lipinski definition) is 5. The topological polar surface area (TPSA) is 122 Å². The van der Waals surface area contributed by atoms with E-state index < -0.39 is 22.0 Å². The molecular weight excluding hydrogens is 324 g/mol. The average Bonchev–Trinajstić information content (AvgIpc) is 2.51. The van der Waals surface area contributed by atoms with Gasteiger partial charge in [0.25, 0.3) is 0 Å². The molecule has 9 heteroatoms. The molecule has 0 fully saturated rings. The summed E-state index contributed by atoms with van der Waals surface area (Å²) in [5.74, 6) is -1.19. The van der Waals surface area contributed by atoms with Gasteiger partial charge in [0.1, 0.15) is 11.8 Å². The number of carbonyl (C=O) groups is 2. The van der Waals surface area contributed by atoms with Gasteiger partial charge in [0.05, 0.1) is 12.0 Å². The van der Waals surface area contributed by atoms with Crippen molar-refractivity contribution in [2.45, 2.75) is 30.7 Å². The molecule has 0 unspecified atom stereocenters. The van der Waals surface area contributed by atoms with E-state index in [0.717, 1.165) is 0 Å². The fourth-order valence-electron chi connectivity index (χ4n) is 1.80. The van der Waals surface area contributed by atoms with Crippen LogP contribution in [0.15, 0.2) is 29.2 Å². The lowest BCUT2D eigenvalue weighted by molar-refractivity contribution is -0.139. The third-order valence-corrected chi connectivity index (χ3v) is 4.49. The fourth-order valence-corrected chi connectivity index (χ4v) is 3.03. The van der Waals surface area contributed by atoms with E-state index >= 15 is 0 Å². The van der Waals surface area contributed by atoms with Gasteiger partial charge < -0.3 is 15.2 Å². The van der Waals surface area contributed by atoms with Crippen LogP contribution in [0.25, 0.3) is 0 Å². The van der Waals surface area contributed by atoms with Crippen LogP contribution in [-0.2, 0) is 19.6 Å². The van der Waals surface area contributed by atoms with Crippen LogP contribution in [0.2, 0.25) is 0 Å². The highest BCUT2D eigenvalue weighted by molar-refractivity contribution is 7.89. The van der Waals surface area contributed by atoms with E-state index in [-0.39, 0.29) is 23.6 Å². The first-order valence-corrected chi connectivity index (χ1v) is 8.44. The van der Waals surface area contributed by atoms with Gasteiger partial charge in [-0.15, -0.1) is 0 Å². The number of carboxylic acids is 1. The Labute approximate surface area is 134 Å². The number of nitrogens with one attached hydrogen (secondary N) is 2. The van der Waals surface area contributed by atoms with Crippen LogP contribution >= 0.6 is 0 Å². The number of carbonyl (C=O) groups excluding carboxylic acids is 1. The van der Waals surface area contributed by atoms with E-state index in [0.29, 0.717) is 12.3 Å². The summed E-state index contributed by atoms with van der Waals surface area (Å²) in [6.45, 7) is 2.16. The molecule has 0 saturated carbocycles. The molecule has 0 heterocycles. The van der Waals surface area contributed by atoms with Gasteiger partial charge >= 0.3 is 5.97 Å². The molecular formula is C14H20N2O6S. The molecule has 3 N–H and O–H groups in total. The zero-order valence-corrected chi connectivity index (χ0v) is 13.7. The SMILES string of the molecule is CCNC(=O)CC[C@H](NS(=O)(=O)c1ccc(OC)cc1)C(=O)O. The molecule has 0 saturated heterocycles. The Morgan fingerprint density at radius 1 is 1.26 bits per heavy atom. The van der Waals surface area contributed by atoms with Gasteiger partial charge in [-0.25, -0.2) is 8.42 Å². The number of carboxylic acid groups (broad SMARTS) is 1. The van der Waals surface area contributed by atoms with E-state index in [4.69, 9.17) is 9.84 Å². The third-order valence-electron chi connectivity index (χ3n) is 3.00. The number of methoxy groups -OCH3 is 1. The molecule has 0 spiro atoms. The summed E-state index contributed by atoms with van der Waals surface area (Å²) in [6.07, 6.45) is -0.230. The van der Waals surface area contributed by atoms with E-state index in [9.17, 15) is 18.0 Å². The molecule has 0 aromatic heterocycles. The van der Waals surface area contributed by atoms with Gasteiger partial charge in [-0.2, -0.15) is 4.72 Å². The molecule has 0 radical (unpaired) electrons. The predicted octanol–water partition coefficient (Wildman–Crippen LogP) is 0.343. The maximum atomic E-state index is 12.2. The third kappa shape index (κ3) is 5.87. The maximum absolute atomic E-state index is 12.2. The first-order chi connectivity index (χ1) is 10.8. The Kier molecular flexibility index (Phi) is 6.98. The summed E-state index contributed by atoms with van der Waals surface area (Å²) in [5, 5.41) is 11.7. The molecule has 1 rings (SSSR count). The minimum atomic E-state index is -4.01. The van der Waals surface area contributed by atoms with Crippen molar-refractivity contribution in [3.63, 3.8) is 0 Å². The molecule has 0 bridgehead atoms. The number of rotatable bonds is 9. The van der Waals surface area contributed by atoms with E-state index in [1.54, 1.807) is 6.92 Å². The van der Waals surface area contributed by atoms with E-state index in [1.165, 1.54) is 31.4 Å². The number of aliphatic carboxylic acids is 1. The second kappa shape index (κ2) is 8.49. The summed E-state index contributed by atoms with van der Waals surface area (Å²) in [4.78, 5) is 22.5. The fraction of sp³-hybridized carbons (Fsp3) is 0.429. The standard InChI is InChI=1S/C14H20N2O6S/c1-3-15-13(17)9-8-12(14(18)19)16-23(20,21)11-6-4-10(22-2)5-7-11/h4-7,12,16H,3,8-9H2,1-2H3,(H,15,17)(H,18,19)/t12-/m0/s1. The zero-order valence-electron chi connectivity index (χ0n) is 12.9. The normalized spacial score (nSPS) is 12.4. The van der Waals surface area contributed by atoms with Gasteiger partial charge in [0.2, 0.25) is 15.9 Å². The van der Waals surface area contributed by atoms with Crippen molar-refractivity contribution in [2.75, 3.05) is 13.7 Å². The molecule has 128 valence electrons. The second-order valence-electron chi connectivity index (χ2n) is 4.68. The van der Waals surface area contributed by atoms with E-state index in [1.807, 2.05) is 0 Å². The first-order valence-electron chi connectivity index (χ1n) is 6.96. The van der Waals surface area contributed by atoms with Crippen molar-refractivity contribution in [2.24, 2.45) is 0 Å². The highest BCUT2D eigenvalue weighted by atomic mass is 32.2. The highest BCUT2D eigenvalue weighted by Gasteiger charge is 2.25. The number of hydrogen-bond donors (Lipinski definition) is 3. The number of benzene rings is 1. The monoisotopic (exact) mass is 344 g/mol. The predicted molar refractivity (Wildman–Crippen MR) is 82.7 cm³/mol. The second-order valence-corrected chi connectivity index (χ2v) is 6.39. The lowest BCUT2D eigenvalue weighted by Gasteiger charge is -2.15. The van der Waals surface area contributed by atoms with Crippen LogP contribution in [0.1, 0.15) is 19.8 Å². The Morgan fingerprint density at radius 3 is 2.35 bits per heavy atom. The minimum Gasteiger partial charge on any atom is -0.497 e. The number of ether oxygens (including phenoxy) is 1. The molecule has 8 nitrogen and oxygen atoms in total. The summed E-state index contributed by atoms with van der Waals surface area (Å²) in [5.41, 5.74) is 0. The summed E-state index contributed by atoms with van der Waals surface area (Å²) in [7, 11) is -2.56. The highest BCUT2D eigenvalue weighted by Crippen LogP contribution is 2.16. The molecule has 1 aromatic rings. The van der Waals surface area contributed by atoms with Gasteiger partial charge in [0.15, 0.2) is 0 Å². The average molecular weight is 344 g/mol. The van der Waals surface area contributed by atoms with Gasteiger partial charge in [-0.1, -0.05) is 0 Å². The van der Waals surface area contributed by atoms with Crippen LogP contribution in [0.5, 0.6) is 5.75 Å². The molecule has 0 aliphatic rings. The quantitative estimate of drug-likeness (QED) is 0.594. The molecule has 23 heavy (non-hydrogen) atoms. The largest absolute Gasteiger partial charge is 0.497 e. The lowest BCUT2D eigenvalue weighted by Crippen LogP contribution is -2.41. The summed E-state index contributed by atoms with van der Waals surface area (Å²) < 4.78 is 31.4. The summed E-state index contributed by atoms with van der Waals surface area (Å²) in [6, 6.07) is 4.15. The van der Waals surface area contributed by atoms with Crippen LogP contribution in [0.3, 0.4) is 0 Å². The van der Waals surface area contributed by atoms with Gasteiger partial charge in [0, 0.05) is 13.0 Å². The first kappa shape index (κ1) is 18.9. The van der Waals surface area contributed by atoms with Gasteiger partial charge in [-0.3, -0.25) is 9.59 Å². The van der Waals surface area contributed by atoms with Crippen LogP contribution in [-0.4, -0.2) is 45.1 Å². The molecule has 1 aromatic carbocycles. The van der Waals surface area contributed by atoms with Crippen molar-refractivity contribution in [1.29, 1.82) is 0 Å². The lowest BCUT2D eigenvalue weighted by atomic mass is 10.1. The van der Waals surface area contributed by atoms with Gasteiger partial charge in [-0.05, 0) is 37.6 Å². The minimum absolute atomic E-state index is 0.0810. The van der Waals surface area contributed by atoms with Crippen molar-refractivity contribution < 1.29 is 27.9 Å². The van der Waals surface area contributed by atoms with E-state index in [2.05, 4.69) is 10.0 Å². The molecule has 0 aliphatic heterocycles. The number of sulfonamides is 1. The molecule has 0 aliphatic carbocycles. The van der Waals surface area contributed by atoms with Crippen LogP contribution in [0.4, 0.5) is 0 Å². The Bertz CT molecular complexity index is 642. The number of amides is 1. The van der Waals surface area contributed by atoms with Crippen LogP contribution < -0.4 is 14.8 Å².